The average molecular weight is 274 g/mol. The van der Waals surface area contributed by atoms with Gasteiger partial charge in [-0.2, -0.15) is 0 Å². The summed E-state index contributed by atoms with van der Waals surface area (Å²) in [6.45, 7) is 3.39. The maximum Gasteiger partial charge on any atom is 0.0300 e. The van der Waals surface area contributed by atoms with Crippen molar-refractivity contribution >= 4 is 0 Å². The Hall–Kier alpha value is -0.890. The number of hydrogen-bond donors (Lipinski definition) is 1. The highest BCUT2D eigenvalue weighted by molar-refractivity contribution is 5.10. The first kappa shape index (κ1) is 15.5. The molecule has 0 saturated heterocycles. The van der Waals surface area contributed by atoms with Crippen molar-refractivity contribution in [1.82, 2.24) is 10.3 Å². The fourth-order valence-corrected chi connectivity index (χ4v) is 3.39. The van der Waals surface area contributed by atoms with Crippen LogP contribution >= 0.6 is 0 Å². The minimum absolute atomic E-state index is 0.627. The SMILES string of the molecule is CCCNC(Cc1cccnc1)CC1CCCCCC1. The lowest BCUT2D eigenvalue weighted by Gasteiger charge is -2.24. The second-order valence-electron chi connectivity index (χ2n) is 6.31. The van der Waals surface area contributed by atoms with E-state index in [2.05, 4.69) is 29.4 Å². The van der Waals surface area contributed by atoms with E-state index < -0.39 is 0 Å². The molecule has 1 atom stereocenters. The monoisotopic (exact) mass is 274 g/mol. The van der Waals surface area contributed by atoms with Crippen LogP contribution in [-0.4, -0.2) is 17.6 Å². The molecule has 1 saturated carbocycles. The first-order valence-electron chi connectivity index (χ1n) is 8.50. The van der Waals surface area contributed by atoms with Crippen molar-refractivity contribution in [2.45, 2.75) is 70.8 Å². The van der Waals surface area contributed by atoms with Crippen LogP contribution in [0.2, 0.25) is 0 Å². The highest BCUT2D eigenvalue weighted by atomic mass is 14.9. The Morgan fingerprint density at radius 1 is 1.25 bits per heavy atom. The summed E-state index contributed by atoms with van der Waals surface area (Å²) in [6, 6.07) is 4.89. The molecule has 0 amide bonds. The second-order valence-corrected chi connectivity index (χ2v) is 6.31. The fourth-order valence-electron chi connectivity index (χ4n) is 3.39. The summed E-state index contributed by atoms with van der Waals surface area (Å²) in [5.41, 5.74) is 1.37. The number of hydrogen-bond acceptors (Lipinski definition) is 2. The van der Waals surface area contributed by atoms with Gasteiger partial charge in [0.25, 0.3) is 0 Å². The van der Waals surface area contributed by atoms with E-state index in [1.807, 2.05) is 12.4 Å². The Labute approximate surface area is 124 Å². The van der Waals surface area contributed by atoms with Crippen LogP contribution in [0.15, 0.2) is 24.5 Å². The highest BCUT2D eigenvalue weighted by Gasteiger charge is 2.18. The zero-order chi connectivity index (χ0) is 14.0. The number of nitrogens with zero attached hydrogens (tertiary/aromatic N) is 1. The van der Waals surface area contributed by atoms with E-state index in [4.69, 9.17) is 0 Å². The zero-order valence-corrected chi connectivity index (χ0v) is 13.0. The molecule has 0 spiro atoms. The normalized spacial score (nSPS) is 18.6. The lowest BCUT2D eigenvalue weighted by molar-refractivity contribution is 0.349. The highest BCUT2D eigenvalue weighted by Crippen LogP contribution is 2.27. The Bertz CT molecular complexity index is 342. The molecule has 0 radical (unpaired) electrons. The molecular formula is C18H30N2. The second kappa shape index (κ2) is 9.12. The molecule has 20 heavy (non-hydrogen) atoms. The molecule has 2 heteroatoms. The van der Waals surface area contributed by atoms with E-state index >= 15 is 0 Å². The average Bonchev–Trinajstić information content (AvgIpc) is 2.74. The van der Waals surface area contributed by atoms with Gasteiger partial charge >= 0.3 is 0 Å². The minimum atomic E-state index is 0.627. The molecule has 2 rings (SSSR count). The first-order valence-corrected chi connectivity index (χ1v) is 8.50. The summed E-state index contributed by atoms with van der Waals surface area (Å²) in [4.78, 5) is 4.25. The first-order chi connectivity index (χ1) is 9.88. The van der Waals surface area contributed by atoms with Crippen molar-refractivity contribution in [2.24, 2.45) is 5.92 Å². The summed E-state index contributed by atoms with van der Waals surface area (Å²) in [5, 5.41) is 3.76. The third-order valence-electron chi connectivity index (χ3n) is 4.48. The maximum atomic E-state index is 4.25. The number of pyridine rings is 1. The van der Waals surface area contributed by atoms with Crippen LogP contribution in [0, 0.1) is 5.92 Å². The van der Waals surface area contributed by atoms with Crippen molar-refractivity contribution in [2.75, 3.05) is 6.54 Å². The lowest BCUT2D eigenvalue weighted by Crippen LogP contribution is -2.33. The molecular weight excluding hydrogens is 244 g/mol. The molecule has 1 unspecified atom stereocenters. The van der Waals surface area contributed by atoms with Gasteiger partial charge in [0.2, 0.25) is 0 Å². The van der Waals surface area contributed by atoms with Gasteiger partial charge < -0.3 is 5.32 Å². The Morgan fingerprint density at radius 3 is 2.70 bits per heavy atom. The van der Waals surface area contributed by atoms with Gasteiger partial charge in [-0.3, -0.25) is 4.98 Å². The maximum absolute atomic E-state index is 4.25. The molecule has 1 aliphatic rings. The fraction of sp³-hybridized carbons (Fsp3) is 0.722. The van der Waals surface area contributed by atoms with E-state index in [0.717, 1.165) is 18.9 Å². The van der Waals surface area contributed by atoms with Crippen LogP contribution in [-0.2, 0) is 6.42 Å². The van der Waals surface area contributed by atoms with Crippen molar-refractivity contribution in [1.29, 1.82) is 0 Å². The topological polar surface area (TPSA) is 24.9 Å². The molecule has 112 valence electrons. The summed E-state index contributed by atoms with van der Waals surface area (Å²) < 4.78 is 0. The predicted octanol–water partition coefficient (Wildman–Crippen LogP) is 4.35. The van der Waals surface area contributed by atoms with Crippen LogP contribution in [0.25, 0.3) is 0 Å². The van der Waals surface area contributed by atoms with Gasteiger partial charge in [-0.1, -0.05) is 51.5 Å². The summed E-state index contributed by atoms with van der Waals surface area (Å²) in [5.74, 6) is 0.934. The van der Waals surface area contributed by atoms with Crippen molar-refractivity contribution < 1.29 is 0 Å². The number of rotatable bonds is 7. The Balaban J connectivity index is 1.88. The lowest BCUT2D eigenvalue weighted by atomic mass is 9.90. The molecule has 1 N–H and O–H groups in total. The molecule has 2 nitrogen and oxygen atoms in total. The van der Waals surface area contributed by atoms with Gasteiger partial charge in [-0.05, 0) is 43.4 Å². The van der Waals surface area contributed by atoms with Gasteiger partial charge in [0.05, 0.1) is 0 Å². The predicted molar refractivity (Wildman–Crippen MR) is 85.8 cm³/mol. The van der Waals surface area contributed by atoms with E-state index in [1.54, 1.807) is 0 Å². The summed E-state index contributed by atoms with van der Waals surface area (Å²) in [7, 11) is 0. The van der Waals surface area contributed by atoms with Crippen LogP contribution in [0.5, 0.6) is 0 Å². The molecule has 1 aliphatic carbocycles. The number of aromatic nitrogens is 1. The van der Waals surface area contributed by atoms with Gasteiger partial charge in [-0.15, -0.1) is 0 Å². The van der Waals surface area contributed by atoms with Crippen LogP contribution < -0.4 is 5.32 Å². The van der Waals surface area contributed by atoms with Crippen LogP contribution in [0.4, 0.5) is 0 Å². The van der Waals surface area contributed by atoms with E-state index in [0.29, 0.717) is 6.04 Å². The van der Waals surface area contributed by atoms with E-state index in [1.165, 1.54) is 56.9 Å². The molecule has 1 aromatic rings. The standard InChI is InChI=1S/C18H30N2/c1-2-11-20-18(14-17-10-7-12-19-15-17)13-16-8-5-3-4-6-9-16/h7,10,12,15-16,18,20H,2-6,8-9,11,13-14H2,1H3. The molecule has 1 fully saturated rings. The van der Waals surface area contributed by atoms with Crippen LogP contribution in [0.3, 0.4) is 0 Å². The van der Waals surface area contributed by atoms with Gasteiger partial charge in [0.15, 0.2) is 0 Å². The summed E-state index contributed by atoms with van der Waals surface area (Å²) >= 11 is 0. The molecule has 1 heterocycles. The van der Waals surface area contributed by atoms with Crippen molar-refractivity contribution in [3.8, 4) is 0 Å². The van der Waals surface area contributed by atoms with Crippen molar-refractivity contribution in [3.63, 3.8) is 0 Å². The molecule has 0 bridgehead atoms. The van der Waals surface area contributed by atoms with Crippen LogP contribution in [0.1, 0.15) is 63.9 Å². The third-order valence-corrected chi connectivity index (χ3v) is 4.48. The number of nitrogens with one attached hydrogen (secondary N) is 1. The summed E-state index contributed by atoms with van der Waals surface area (Å²) in [6.07, 6.45) is 16.2. The smallest absolute Gasteiger partial charge is 0.0300 e. The zero-order valence-electron chi connectivity index (χ0n) is 13.0. The van der Waals surface area contributed by atoms with E-state index in [9.17, 15) is 0 Å². The quantitative estimate of drug-likeness (QED) is 0.748. The molecule has 0 aromatic carbocycles. The third kappa shape index (κ3) is 5.62. The van der Waals surface area contributed by atoms with Gasteiger partial charge in [0.1, 0.15) is 0 Å². The minimum Gasteiger partial charge on any atom is -0.314 e. The Morgan fingerprint density at radius 2 is 2.05 bits per heavy atom. The van der Waals surface area contributed by atoms with Crippen molar-refractivity contribution in [3.05, 3.63) is 30.1 Å². The molecule has 0 aliphatic heterocycles. The van der Waals surface area contributed by atoms with E-state index in [-0.39, 0.29) is 0 Å². The van der Waals surface area contributed by atoms with Gasteiger partial charge in [-0.25, -0.2) is 0 Å². The largest absolute Gasteiger partial charge is 0.314 e. The van der Waals surface area contributed by atoms with Gasteiger partial charge in [0, 0.05) is 18.4 Å². The Kier molecular flexibility index (Phi) is 7.07. The molecule has 1 aromatic heterocycles.